The quantitative estimate of drug-likeness (QED) is 0.551. The highest BCUT2D eigenvalue weighted by molar-refractivity contribution is 7.10. The van der Waals surface area contributed by atoms with E-state index in [1.54, 1.807) is 0 Å². The number of hydrogen-bond acceptors (Lipinski definition) is 5. The summed E-state index contributed by atoms with van der Waals surface area (Å²) in [6.07, 6.45) is 2.58. The molecule has 0 radical (unpaired) electrons. The predicted octanol–water partition coefficient (Wildman–Crippen LogP) is 3.37. The first-order valence-electron chi connectivity index (χ1n) is 10.0. The fourth-order valence-electron chi connectivity index (χ4n) is 3.69. The van der Waals surface area contributed by atoms with Crippen molar-refractivity contribution in [3.05, 3.63) is 46.2 Å². The van der Waals surface area contributed by atoms with Crippen LogP contribution >= 0.6 is 11.3 Å². The molecule has 4 rings (SSSR count). The van der Waals surface area contributed by atoms with Crippen LogP contribution in [-0.2, 0) is 6.54 Å². The van der Waals surface area contributed by atoms with Gasteiger partial charge in [0.1, 0.15) is 0 Å². The van der Waals surface area contributed by atoms with E-state index in [1.807, 2.05) is 29.5 Å². The molecule has 1 aromatic carbocycles. The molecule has 28 heavy (non-hydrogen) atoms. The minimum absolute atomic E-state index is 0.298. The molecule has 2 N–H and O–H groups in total. The average Bonchev–Trinajstić information content (AvgIpc) is 3.48. The molecule has 1 saturated heterocycles. The molecule has 1 aromatic heterocycles. The van der Waals surface area contributed by atoms with Crippen LogP contribution in [0.25, 0.3) is 0 Å². The van der Waals surface area contributed by atoms with Crippen molar-refractivity contribution in [2.45, 2.75) is 32.4 Å². The van der Waals surface area contributed by atoms with E-state index in [1.165, 1.54) is 30.8 Å². The number of guanidine groups is 1. The molecule has 0 spiro atoms. The first-order chi connectivity index (χ1) is 13.8. The van der Waals surface area contributed by atoms with Gasteiger partial charge in [0.15, 0.2) is 17.5 Å². The summed E-state index contributed by atoms with van der Waals surface area (Å²) in [6, 6.07) is 10.8. The Morgan fingerprint density at radius 1 is 1.18 bits per heavy atom. The Balaban J connectivity index is 1.41. The maximum Gasteiger partial charge on any atom is 0.231 e. The summed E-state index contributed by atoms with van der Waals surface area (Å²) >= 11 is 1.84. The van der Waals surface area contributed by atoms with Crippen LogP contribution in [-0.4, -0.2) is 43.8 Å². The molecule has 0 amide bonds. The summed E-state index contributed by atoms with van der Waals surface area (Å²) in [5.41, 5.74) is 1.11. The highest BCUT2D eigenvalue weighted by Crippen LogP contribution is 2.32. The zero-order valence-electron chi connectivity index (χ0n) is 16.3. The van der Waals surface area contributed by atoms with E-state index in [4.69, 9.17) is 14.5 Å². The van der Waals surface area contributed by atoms with Gasteiger partial charge in [-0.1, -0.05) is 12.1 Å². The van der Waals surface area contributed by atoms with Gasteiger partial charge in [-0.05, 0) is 62.0 Å². The molecule has 2 aliphatic heterocycles. The topological polar surface area (TPSA) is 58.1 Å². The van der Waals surface area contributed by atoms with Crippen molar-refractivity contribution in [1.29, 1.82) is 0 Å². The lowest BCUT2D eigenvalue weighted by Crippen LogP contribution is -2.42. The Hall–Kier alpha value is -2.25. The van der Waals surface area contributed by atoms with Crippen molar-refractivity contribution < 1.29 is 9.47 Å². The third-order valence-corrected chi connectivity index (χ3v) is 6.09. The minimum atomic E-state index is 0.298. The fourth-order valence-corrected chi connectivity index (χ4v) is 4.55. The van der Waals surface area contributed by atoms with Crippen molar-refractivity contribution >= 4 is 17.3 Å². The Labute approximate surface area is 170 Å². The summed E-state index contributed by atoms with van der Waals surface area (Å²) in [7, 11) is 0. The van der Waals surface area contributed by atoms with E-state index >= 15 is 0 Å². The van der Waals surface area contributed by atoms with Gasteiger partial charge < -0.3 is 20.1 Å². The molecule has 1 unspecified atom stereocenters. The van der Waals surface area contributed by atoms with Crippen LogP contribution in [0.5, 0.6) is 11.5 Å². The molecule has 0 saturated carbocycles. The normalized spacial score (nSPS) is 17.7. The molecular weight excluding hydrogens is 372 g/mol. The summed E-state index contributed by atoms with van der Waals surface area (Å²) in [5, 5.41) is 9.08. The van der Waals surface area contributed by atoms with Gasteiger partial charge in [0.25, 0.3) is 0 Å². The molecule has 2 aromatic rings. The van der Waals surface area contributed by atoms with Crippen LogP contribution in [0, 0.1) is 0 Å². The Morgan fingerprint density at radius 3 is 2.82 bits per heavy atom. The van der Waals surface area contributed by atoms with Crippen LogP contribution in [0.3, 0.4) is 0 Å². The number of fused-ring (bicyclic) bond motifs is 1. The molecule has 150 valence electrons. The standard InChI is InChI=1S/C21H28N4O2S/c1-2-22-21(23-13-16-7-8-18-19(12-16)27-15-26-18)24-14-17(20-6-5-11-28-20)25-9-3-4-10-25/h5-8,11-12,17H,2-4,9-10,13-15H2,1H3,(H2,22,23,24). The minimum Gasteiger partial charge on any atom is -0.454 e. The lowest BCUT2D eigenvalue weighted by molar-refractivity contribution is 0.174. The van der Waals surface area contributed by atoms with E-state index in [9.17, 15) is 0 Å². The highest BCUT2D eigenvalue weighted by atomic mass is 32.1. The highest BCUT2D eigenvalue weighted by Gasteiger charge is 2.24. The molecule has 1 fully saturated rings. The van der Waals surface area contributed by atoms with Crippen LogP contribution in [0.1, 0.15) is 36.2 Å². The predicted molar refractivity (Wildman–Crippen MR) is 113 cm³/mol. The summed E-state index contributed by atoms with van der Waals surface area (Å²) in [6.45, 7) is 7.03. The Morgan fingerprint density at radius 2 is 2.04 bits per heavy atom. The van der Waals surface area contributed by atoms with E-state index < -0.39 is 0 Å². The van der Waals surface area contributed by atoms with Crippen LogP contribution < -0.4 is 20.1 Å². The molecule has 6 nitrogen and oxygen atoms in total. The van der Waals surface area contributed by atoms with Crippen molar-refractivity contribution in [2.75, 3.05) is 33.0 Å². The van der Waals surface area contributed by atoms with Crippen LogP contribution in [0.15, 0.2) is 40.7 Å². The van der Waals surface area contributed by atoms with Gasteiger partial charge in [0.05, 0.1) is 12.6 Å². The number of aliphatic imine (C=N–C) groups is 1. The van der Waals surface area contributed by atoms with Crippen molar-refractivity contribution in [3.63, 3.8) is 0 Å². The average molecular weight is 401 g/mol. The summed E-state index contributed by atoms with van der Waals surface area (Å²) in [4.78, 5) is 8.77. The molecule has 1 atom stereocenters. The van der Waals surface area contributed by atoms with Gasteiger partial charge in [-0.2, -0.15) is 0 Å². The van der Waals surface area contributed by atoms with Gasteiger partial charge in [-0.3, -0.25) is 4.90 Å². The SMILES string of the molecule is CCNC(=NCc1ccc2c(c1)OCO2)NCC(c1cccs1)N1CCCC1. The van der Waals surface area contributed by atoms with E-state index in [2.05, 4.69) is 40.0 Å². The number of ether oxygens (including phenoxy) is 2. The number of hydrogen-bond donors (Lipinski definition) is 2. The smallest absolute Gasteiger partial charge is 0.231 e. The second-order valence-electron chi connectivity index (χ2n) is 7.04. The molecule has 7 heteroatoms. The first-order valence-corrected chi connectivity index (χ1v) is 10.9. The first kappa shape index (κ1) is 19.1. The fraction of sp³-hybridized carbons (Fsp3) is 0.476. The van der Waals surface area contributed by atoms with E-state index in [0.717, 1.165) is 36.1 Å². The summed E-state index contributed by atoms with van der Waals surface area (Å²) in [5.74, 6) is 2.46. The maximum absolute atomic E-state index is 5.46. The molecule has 3 heterocycles. The van der Waals surface area contributed by atoms with E-state index in [0.29, 0.717) is 19.4 Å². The number of likely N-dealkylation sites (tertiary alicyclic amines) is 1. The monoisotopic (exact) mass is 400 g/mol. The molecule has 0 aliphatic carbocycles. The van der Waals surface area contributed by atoms with Gasteiger partial charge in [0.2, 0.25) is 6.79 Å². The van der Waals surface area contributed by atoms with Crippen molar-refractivity contribution in [1.82, 2.24) is 15.5 Å². The third kappa shape index (κ3) is 4.59. The number of benzene rings is 1. The number of nitrogens with one attached hydrogen (secondary N) is 2. The molecular formula is C21H28N4O2S. The van der Waals surface area contributed by atoms with Gasteiger partial charge >= 0.3 is 0 Å². The lowest BCUT2D eigenvalue weighted by Gasteiger charge is -2.27. The largest absolute Gasteiger partial charge is 0.454 e. The second kappa shape index (κ2) is 9.30. The number of nitrogens with zero attached hydrogens (tertiary/aromatic N) is 2. The van der Waals surface area contributed by atoms with Crippen molar-refractivity contribution in [2.24, 2.45) is 4.99 Å². The Kier molecular flexibility index (Phi) is 6.34. The molecule has 0 bridgehead atoms. The summed E-state index contributed by atoms with van der Waals surface area (Å²) < 4.78 is 10.8. The van der Waals surface area contributed by atoms with Crippen molar-refractivity contribution in [3.8, 4) is 11.5 Å². The third-order valence-electron chi connectivity index (χ3n) is 5.12. The second-order valence-corrected chi connectivity index (χ2v) is 8.02. The van der Waals surface area contributed by atoms with E-state index in [-0.39, 0.29) is 0 Å². The lowest BCUT2D eigenvalue weighted by atomic mass is 10.2. The van der Waals surface area contributed by atoms with Crippen LogP contribution in [0.4, 0.5) is 0 Å². The van der Waals surface area contributed by atoms with Crippen LogP contribution in [0.2, 0.25) is 0 Å². The zero-order chi connectivity index (χ0) is 19.2. The van der Waals surface area contributed by atoms with Gasteiger partial charge in [-0.15, -0.1) is 11.3 Å². The number of thiophene rings is 1. The zero-order valence-corrected chi connectivity index (χ0v) is 17.1. The Bertz CT molecular complexity index is 788. The maximum atomic E-state index is 5.46. The van der Waals surface area contributed by atoms with Gasteiger partial charge in [-0.25, -0.2) is 4.99 Å². The molecule has 2 aliphatic rings. The number of rotatable bonds is 7. The van der Waals surface area contributed by atoms with Gasteiger partial charge in [0, 0.05) is 18.0 Å².